The molecule has 0 spiro atoms. The Morgan fingerprint density at radius 3 is 2.44 bits per heavy atom. The second-order valence-corrected chi connectivity index (χ2v) is 3.92. The van der Waals surface area contributed by atoms with Gasteiger partial charge < -0.3 is 10.6 Å². The minimum absolute atomic E-state index is 0.0678. The largest absolute Gasteiger partial charge is 0.362 e. The van der Waals surface area contributed by atoms with E-state index >= 15 is 0 Å². The summed E-state index contributed by atoms with van der Waals surface area (Å²) < 4.78 is 0. The van der Waals surface area contributed by atoms with Crippen LogP contribution in [0.15, 0.2) is 24.3 Å². The highest BCUT2D eigenvalue weighted by Crippen LogP contribution is 2.09. The van der Waals surface area contributed by atoms with Gasteiger partial charge in [-0.15, -0.1) is 0 Å². The lowest BCUT2D eigenvalue weighted by Gasteiger charge is -2.09. The molecule has 1 aromatic carbocycles. The van der Waals surface area contributed by atoms with E-state index in [9.17, 15) is 4.79 Å². The lowest BCUT2D eigenvalue weighted by Crippen LogP contribution is -2.28. The Morgan fingerprint density at radius 2 is 1.94 bits per heavy atom. The van der Waals surface area contributed by atoms with Gasteiger partial charge in [0.05, 0.1) is 0 Å². The van der Waals surface area contributed by atoms with Crippen molar-refractivity contribution in [1.82, 2.24) is 5.32 Å². The van der Waals surface area contributed by atoms with E-state index in [1.165, 1.54) is 0 Å². The van der Waals surface area contributed by atoms with Crippen LogP contribution < -0.4 is 10.6 Å². The van der Waals surface area contributed by atoms with E-state index in [2.05, 4.69) is 17.6 Å². The zero-order chi connectivity index (χ0) is 12.0. The lowest BCUT2D eigenvalue weighted by atomic mass is 10.1. The van der Waals surface area contributed by atoms with Crippen LogP contribution in [0.1, 0.15) is 30.6 Å². The average molecular weight is 236 g/mol. The summed E-state index contributed by atoms with van der Waals surface area (Å²) in [4.78, 5) is 11.1. The van der Waals surface area contributed by atoms with E-state index < -0.39 is 0 Å². The number of Topliss-reactive ketones (excluding diaryl/α,β-unsaturated/α-hetero) is 1. The molecule has 2 N–H and O–H groups in total. The number of anilines is 1. The second kappa shape index (κ2) is 6.23. The molecule has 0 aliphatic heterocycles. The average Bonchev–Trinajstić information content (AvgIpc) is 2.27. The van der Waals surface area contributed by atoms with Gasteiger partial charge in [-0.1, -0.05) is 6.92 Å². The third-order valence-corrected chi connectivity index (χ3v) is 2.33. The fourth-order valence-electron chi connectivity index (χ4n) is 1.20. The van der Waals surface area contributed by atoms with Gasteiger partial charge in [-0.05, 0) is 49.8 Å². The highest BCUT2D eigenvalue weighted by Gasteiger charge is 1.99. The van der Waals surface area contributed by atoms with Gasteiger partial charge in [-0.25, -0.2) is 0 Å². The van der Waals surface area contributed by atoms with Gasteiger partial charge in [0.25, 0.3) is 0 Å². The van der Waals surface area contributed by atoms with E-state index in [4.69, 9.17) is 12.2 Å². The van der Waals surface area contributed by atoms with Crippen molar-refractivity contribution in [3.8, 4) is 0 Å². The molecule has 0 saturated heterocycles. The summed E-state index contributed by atoms with van der Waals surface area (Å²) in [5, 5.41) is 6.73. The standard InChI is InChI=1S/C12H16N2OS/c1-3-8-13-12(16)14-11-6-4-10(5-7-11)9(2)15/h4-7H,3,8H2,1-2H3,(H2,13,14,16). The molecule has 86 valence electrons. The Bertz CT molecular complexity index is 373. The molecule has 1 rings (SSSR count). The number of carbonyl (C=O) groups is 1. The molecule has 0 aromatic heterocycles. The predicted octanol–water partition coefficient (Wildman–Crippen LogP) is 2.59. The predicted molar refractivity (Wildman–Crippen MR) is 71.0 cm³/mol. The summed E-state index contributed by atoms with van der Waals surface area (Å²) in [6, 6.07) is 7.26. The Morgan fingerprint density at radius 1 is 1.31 bits per heavy atom. The van der Waals surface area contributed by atoms with Gasteiger partial charge in [-0.2, -0.15) is 0 Å². The van der Waals surface area contributed by atoms with E-state index in [0.717, 1.165) is 18.7 Å². The van der Waals surface area contributed by atoms with Crippen molar-refractivity contribution in [3.05, 3.63) is 29.8 Å². The van der Waals surface area contributed by atoms with Crippen molar-refractivity contribution >= 4 is 28.8 Å². The summed E-state index contributed by atoms with van der Waals surface area (Å²) in [6.45, 7) is 4.49. The van der Waals surface area contributed by atoms with Crippen LogP contribution in [0.2, 0.25) is 0 Å². The van der Waals surface area contributed by atoms with Gasteiger partial charge in [0, 0.05) is 17.8 Å². The van der Waals surface area contributed by atoms with Gasteiger partial charge in [0.15, 0.2) is 10.9 Å². The molecule has 3 nitrogen and oxygen atoms in total. The van der Waals surface area contributed by atoms with Crippen molar-refractivity contribution in [2.75, 3.05) is 11.9 Å². The summed E-state index contributed by atoms with van der Waals surface area (Å²) in [6.07, 6.45) is 1.03. The number of benzene rings is 1. The molecule has 0 radical (unpaired) electrons. The van der Waals surface area contributed by atoms with Crippen LogP contribution in [0, 0.1) is 0 Å². The van der Waals surface area contributed by atoms with Crippen molar-refractivity contribution in [3.63, 3.8) is 0 Å². The molecule has 0 unspecified atom stereocenters. The van der Waals surface area contributed by atoms with Crippen LogP contribution >= 0.6 is 12.2 Å². The Kier molecular flexibility index (Phi) is 4.92. The Labute approximate surface area is 101 Å². The maximum absolute atomic E-state index is 11.1. The van der Waals surface area contributed by atoms with E-state index in [-0.39, 0.29) is 5.78 Å². The van der Waals surface area contributed by atoms with Gasteiger partial charge in [0.1, 0.15) is 0 Å². The zero-order valence-corrected chi connectivity index (χ0v) is 10.4. The van der Waals surface area contributed by atoms with Gasteiger partial charge in [0.2, 0.25) is 0 Å². The van der Waals surface area contributed by atoms with Crippen molar-refractivity contribution in [2.45, 2.75) is 20.3 Å². The first-order valence-electron chi connectivity index (χ1n) is 5.29. The molecular weight excluding hydrogens is 220 g/mol. The van der Waals surface area contributed by atoms with E-state index in [1.54, 1.807) is 19.1 Å². The molecule has 0 amide bonds. The maximum Gasteiger partial charge on any atom is 0.170 e. The highest BCUT2D eigenvalue weighted by atomic mass is 32.1. The molecule has 4 heteroatoms. The minimum atomic E-state index is 0.0678. The molecule has 0 fully saturated rings. The molecular formula is C12H16N2OS. The first-order chi connectivity index (χ1) is 7.63. The molecule has 0 bridgehead atoms. The third-order valence-electron chi connectivity index (χ3n) is 2.08. The number of rotatable bonds is 4. The topological polar surface area (TPSA) is 41.1 Å². The fourth-order valence-corrected chi connectivity index (χ4v) is 1.42. The summed E-state index contributed by atoms with van der Waals surface area (Å²) in [5.74, 6) is 0.0678. The number of thiocarbonyl (C=S) groups is 1. The summed E-state index contributed by atoms with van der Waals surface area (Å²) in [7, 11) is 0. The Hall–Kier alpha value is -1.42. The molecule has 16 heavy (non-hydrogen) atoms. The van der Waals surface area contributed by atoms with Crippen LogP contribution in [0.3, 0.4) is 0 Å². The summed E-state index contributed by atoms with van der Waals surface area (Å²) >= 11 is 5.10. The van der Waals surface area contributed by atoms with Crippen LogP contribution in [0.25, 0.3) is 0 Å². The van der Waals surface area contributed by atoms with Crippen LogP contribution in [0.4, 0.5) is 5.69 Å². The molecule has 0 heterocycles. The quantitative estimate of drug-likeness (QED) is 0.623. The highest BCUT2D eigenvalue weighted by molar-refractivity contribution is 7.80. The fraction of sp³-hybridized carbons (Fsp3) is 0.333. The number of ketones is 1. The second-order valence-electron chi connectivity index (χ2n) is 3.51. The molecule has 0 atom stereocenters. The molecule has 1 aromatic rings. The number of carbonyl (C=O) groups excluding carboxylic acids is 1. The number of hydrogen-bond acceptors (Lipinski definition) is 2. The lowest BCUT2D eigenvalue weighted by molar-refractivity contribution is 0.101. The van der Waals surface area contributed by atoms with Crippen LogP contribution in [0.5, 0.6) is 0 Å². The van der Waals surface area contributed by atoms with Crippen molar-refractivity contribution in [2.24, 2.45) is 0 Å². The van der Waals surface area contributed by atoms with Crippen molar-refractivity contribution in [1.29, 1.82) is 0 Å². The molecule has 0 aliphatic rings. The Balaban J connectivity index is 2.55. The molecule has 0 saturated carbocycles. The van der Waals surface area contributed by atoms with E-state index in [1.807, 2.05) is 12.1 Å². The van der Waals surface area contributed by atoms with E-state index in [0.29, 0.717) is 10.7 Å². The van der Waals surface area contributed by atoms with Crippen LogP contribution in [-0.4, -0.2) is 17.4 Å². The zero-order valence-electron chi connectivity index (χ0n) is 9.54. The first kappa shape index (κ1) is 12.6. The normalized spacial score (nSPS) is 9.62. The van der Waals surface area contributed by atoms with Crippen molar-refractivity contribution < 1.29 is 4.79 Å². The van der Waals surface area contributed by atoms with Gasteiger partial charge in [-0.3, -0.25) is 4.79 Å². The van der Waals surface area contributed by atoms with Crippen LogP contribution in [-0.2, 0) is 0 Å². The smallest absolute Gasteiger partial charge is 0.170 e. The number of nitrogens with one attached hydrogen (secondary N) is 2. The number of hydrogen-bond donors (Lipinski definition) is 2. The van der Waals surface area contributed by atoms with Gasteiger partial charge >= 0.3 is 0 Å². The SMILES string of the molecule is CCCNC(=S)Nc1ccc(C(C)=O)cc1. The third kappa shape index (κ3) is 3.98. The minimum Gasteiger partial charge on any atom is -0.362 e. The maximum atomic E-state index is 11.1. The first-order valence-corrected chi connectivity index (χ1v) is 5.70. The molecule has 0 aliphatic carbocycles. The monoisotopic (exact) mass is 236 g/mol. The summed E-state index contributed by atoms with van der Waals surface area (Å²) in [5.41, 5.74) is 1.59.